The zero-order chi connectivity index (χ0) is 26.8. The molecule has 6 nitrogen and oxygen atoms in total. The summed E-state index contributed by atoms with van der Waals surface area (Å²) in [5.74, 6) is 0.865. The van der Waals surface area contributed by atoms with Crippen LogP contribution in [0.1, 0.15) is 22.7 Å². The van der Waals surface area contributed by atoms with E-state index in [9.17, 15) is 4.39 Å². The van der Waals surface area contributed by atoms with Crippen molar-refractivity contribution in [3.05, 3.63) is 131 Å². The normalized spacial score (nSPS) is 11.3. The summed E-state index contributed by atoms with van der Waals surface area (Å²) in [4.78, 5) is 13.2. The predicted molar refractivity (Wildman–Crippen MR) is 144 cm³/mol. The van der Waals surface area contributed by atoms with Crippen molar-refractivity contribution >= 4 is 22.6 Å². The lowest BCUT2D eigenvalue weighted by atomic mass is 10.1. The number of rotatable bonds is 8. The molecule has 0 fully saturated rings. The van der Waals surface area contributed by atoms with Crippen LogP contribution in [0.5, 0.6) is 5.88 Å². The summed E-state index contributed by atoms with van der Waals surface area (Å²) < 4.78 is 42.6. The van der Waals surface area contributed by atoms with Gasteiger partial charge in [0.05, 0.1) is 29.5 Å². The number of para-hydroxylation sites is 2. The van der Waals surface area contributed by atoms with E-state index in [0.717, 1.165) is 11.0 Å². The summed E-state index contributed by atoms with van der Waals surface area (Å²) >= 11 is 5.81. The van der Waals surface area contributed by atoms with Gasteiger partial charge in [-0.3, -0.25) is 0 Å². The molecule has 3 aromatic carbocycles. The number of oxazole rings is 1. The minimum atomic E-state index is -0.453. The van der Waals surface area contributed by atoms with E-state index in [1.807, 2.05) is 34.9 Å². The van der Waals surface area contributed by atoms with E-state index in [-0.39, 0.29) is 18.8 Å². The average Bonchev–Trinajstić information content (AvgIpc) is 3.58. The quantitative estimate of drug-likeness (QED) is 0.203. The van der Waals surface area contributed by atoms with Gasteiger partial charge in [-0.05, 0) is 42.0 Å². The summed E-state index contributed by atoms with van der Waals surface area (Å²) in [5, 5.41) is 0.314. The molecule has 6 aromatic rings. The summed E-state index contributed by atoms with van der Waals surface area (Å²) in [6, 6.07) is 22.4. The lowest BCUT2D eigenvalue weighted by molar-refractivity contribution is 0.288. The van der Waals surface area contributed by atoms with Crippen molar-refractivity contribution in [3.8, 4) is 17.1 Å². The van der Waals surface area contributed by atoms with Crippen LogP contribution in [-0.2, 0) is 19.6 Å². The number of pyridine rings is 1. The van der Waals surface area contributed by atoms with Gasteiger partial charge in [0.2, 0.25) is 5.88 Å². The number of hydrogen-bond acceptors (Lipinski definition) is 5. The third-order valence-corrected chi connectivity index (χ3v) is 6.58. The van der Waals surface area contributed by atoms with Crippen LogP contribution < -0.4 is 4.74 Å². The number of aromatic nitrogens is 4. The fraction of sp³-hybridized carbons (Fsp3) is 0.100. The van der Waals surface area contributed by atoms with Crippen LogP contribution >= 0.6 is 11.6 Å². The molecule has 0 saturated heterocycles. The highest BCUT2D eigenvalue weighted by Crippen LogP contribution is 2.26. The molecular weight excluding hydrogens is 522 g/mol. The van der Waals surface area contributed by atoms with Crippen LogP contribution in [0, 0.1) is 11.6 Å². The van der Waals surface area contributed by atoms with Crippen LogP contribution in [0.4, 0.5) is 8.78 Å². The molecule has 0 radical (unpaired) electrons. The Morgan fingerprint density at radius 3 is 2.54 bits per heavy atom. The van der Waals surface area contributed by atoms with Gasteiger partial charge in [0, 0.05) is 28.6 Å². The van der Waals surface area contributed by atoms with E-state index in [1.165, 1.54) is 18.5 Å². The molecule has 9 heteroatoms. The van der Waals surface area contributed by atoms with Crippen LogP contribution in [-0.4, -0.2) is 19.5 Å². The Morgan fingerprint density at radius 1 is 0.872 bits per heavy atom. The monoisotopic (exact) mass is 542 g/mol. The average molecular weight is 543 g/mol. The van der Waals surface area contributed by atoms with Gasteiger partial charge in [0.25, 0.3) is 0 Å². The zero-order valence-electron chi connectivity index (χ0n) is 20.5. The van der Waals surface area contributed by atoms with Gasteiger partial charge < -0.3 is 13.7 Å². The molecule has 0 spiro atoms. The van der Waals surface area contributed by atoms with E-state index >= 15 is 4.39 Å². The van der Waals surface area contributed by atoms with Crippen molar-refractivity contribution in [2.24, 2.45) is 0 Å². The number of benzene rings is 3. The fourth-order valence-corrected chi connectivity index (χ4v) is 4.54. The molecule has 0 aliphatic heterocycles. The molecule has 0 N–H and O–H groups in total. The number of hydrogen-bond donors (Lipinski definition) is 0. The lowest BCUT2D eigenvalue weighted by Crippen LogP contribution is -2.06. The molecule has 6 rings (SSSR count). The molecule has 3 aromatic heterocycles. The first-order chi connectivity index (χ1) is 19.0. The highest BCUT2D eigenvalue weighted by molar-refractivity contribution is 6.30. The first-order valence-electron chi connectivity index (χ1n) is 12.2. The van der Waals surface area contributed by atoms with Gasteiger partial charge in [-0.15, -0.1) is 0 Å². The van der Waals surface area contributed by atoms with Crippen molar-refractivity contribution in [1.29, 1.82) is 0 Å². The van der Waals surface area contributed by atoms with Crippen LogP contribution in [0.2, 0.25) is 5.02 Å². The number of ether oxygens (including phenoxy) is 1. The molecule has 0 unspecified atom stereocenters. The van der Waals surface area contributed by atoms with Crippen molar-refractivity contribution in [3.63, 3.8) is 0 Å². The fourth-order valence-electron chi connectivity index (χ4n) is 4.38. The minimum Gasteiger partial charge on any atom is -0.473 e. The number of imidazole rings is 1. The molecule has 3 heterocycles. The topological polar surface area (TPSA) is 66.0 Å². The Hall–Kier alpha value is -4.56. The summed E-state index contributed by atoms with van der Waals surface area (Å²) in [7, 11) is 0. The third kappa shape index (κ3) is 5.37. The highest BCUT2D eigenvalue weighted by atomic mass is 35.5. The molecule has 0 aliphatic rings. The first-order valence-corrected chi connectivity index (χ1v) is 12.6. The van der Waals surface area contributed by atoms with E-state index in [2.05, 4.69) is 9.97 Å². The number of fused-ring (bicyclic) bond motifs is 1. The van der Waals surface area contributed by atoms with Crippen LogP contribution in [0.3, 0.4) is 0 Å². The first kappa shape index (κ1) is 24.8. The molecule has 0 amide bonds. The predicted octanol–water partition coefficient (Wildman–Crippen LogP) is 7.24. The Labute approximate surface area is 227 Å². The molecule has 194 valence electrons. The molecule has 0 aliphatic carbocycles. The Morgan fingerprint density at radius 2 is 1.72 bits per heavy atom. The van der Waals surface area contributed by atoms with Gasteiger partial charge in [-0.1, -0.05) is 48.0 Å². The Balaban J connectivity index is 1.23. The van der Waals surface area contributed by atoms with Crippen molar-refractivity contribution in [2.45, 2.75) is 19.6 Å². The maximum atomic E-state index is 15.4. The minimum absolute atomic E-state index is 0.0121. The number of halogens is 3. The molecular formula is C30H21ClF2N4O2. The SMILES string of the molecule is Fc1cc(Cl)ccc1COc1cccc(-c2ccc(Cc3nc4ccccc4n3Cc3cnco3)c(F)c2)n1. The summed E-state index contributed by atoms with van der Waals surface area (Å²) in [6.07, 6.45) is 3.33. The third-order valence-electron chi connectivity index (χ3n) is 6.34. The summed E-state index contributed by atoms with van der Waals surface area (Å²) in [6.45, 7) is 0.425. The molecule has 39 heavy (non-hydrogen) atoms. The van der Waals surface area contributed by atoms with E-state index in [0.29, 0.717) is 51.4 Å². The van der Waals surface area contributed by atoms with Gasteiger partial charge in [0.1, 0.15) is 29.8 Å². The number of nitrogens with zero attached hydrogens (tertiary/aromatic N) is 4. The molecule has 0 atom stereocenters. The molecule has 0 saturated carbocycles. The van der Waals surface area contributed by atoms with Gasteiger partial charge >= 0.3 is 0 Å². The van der Waals surface area contributed by atoms with Gasteiger partial charge in [-0.2, -0.15) is 0 Å². The smallest absolute Gasteiger partial charge is 0.214 e. The largest absolute Gasteiger partial charge is 0.473 e. The second-order valence-electron chi connectivity index (χ2n) is 8.94. The van der Waals surface area contributed by atoms with Crippen molar-refractivity contribution in [1.82, 2.24) is 19.5 Å². The van der Waals surface area contributed by atoms with E-state index in [4.69, 9.17) is 25.7 Å². The summed E-state index contributed by atoms with van der Waals surface area (Å²) in [5.41, 5.74) is 3.74. The maximum Gasteiger partial charge on any atom is 0.214 e. The maximum absolute atomic E-state index is 15.4. The van der Waals surface area contributed by atoms with Crippen LogP contribution in [0.15, 0.2) is 95.9 Å². The Bertz CT molecular complexity index is 1770. The van der Waals surface area contributed by atoms with Crippen molar-refractivity contribution in [2.75, 3.05) is 0 Å². The van der Waals surface area contributed by atoms with E-state index < -0.39 is 5.82 Å². The molecule has 0 bridgehead atoms. The van der Waals surface area contributed by atoms with E-state index in [1.54, 1.807) is 42.6 Å². The second kappa shape index (κ2) is 10.7. The highest BCUT2D eigenvalue weighted by Gasteiger charge is 2.16. The van der Waals surface area contributed by atoms with Gasteiger partial charge in [0.15, 0.2) is 6.39 Å². The second-order valence-corrected chi connectivity index (χ2v) is 9.38. The Kier molecular flexibility index (Phi) is 6.77. The standard InChI is InChI=1S/C30H21ClF2N4O2/c31-22-11-10-21(25(33)14-22)17-38-30-7-3-5-26(36-30)20-9-8-19(24(32)12-20)13-29-35-27-4-1-2-6-28(27)37(29)16-23-15-34-18-39-23/h1-12,14-15,18H,13,16-17H2. The lowest BCUT2D eigenvalue weighted by Gasteiger charge is -2.10. The van der Waals surface area contributed by atoms with Gasteiger partial charge in [-0.25, -0.2) is 23.7 Å². The van der Waals surface area contributed by atoms with Crippen molar-refractivity contribution < 1.29 is 17.9 Å². The van der Waals surface area contributed by atoms with Crippen LogP contribution in [0.25, 0.3) is 22.3 Å². The zero-order valence-corrected chi connectivity index (χ0v) is 21.3.